The topological polar surface area (TPSA) is 44.8 Å². The van der Waals surface area contributed by atoms with Gasteiger partial charge in [-0.2, -0.15) is 0 Å². The van der Waals surface area contributed by atoms with Crippen LogP contribution in [-0.2, 0) is 14.3 Å². The van der Waals surface area contributed by atoms with Gasteiger partial charge in [-0.05, 0) is 29.8 Å². The molecule has 2 aromatic rings. The molecule has 1 saturated heterocycles. The minimum atomic E-state index is -0.239. The van der Waals surface area contributed by atoms with Crippen LogP contribution >= 0.6 is 0 Å². The maximum atomic E-state index is 11.1. The Bertz CT molecular complexity index is 653. The molecule has 0 radical (unpaired) electrons. The van der Waals surface area contributed by atoms with Crippen molar-refractivity contribution in [1.29, 1.82) is 0 Å². The molecule has 0 spiro atoms. The smallest absolute Gasteiger partial charge is 0.302 e. The summed E-state index contributed by atoms with van der Waals surface area (Å²) in [6.45, 7) is 2.03. The molecule has 0 saturated carbocycles. The Balaban J connectivity index is 1.70. The van der Waals surface area contributed by atoms with Crippen LogP contribution in [0.5, 0.6) is 11.5 Å². The molecular formula is C19H20O4. The minimum Gasteiger partial charge on any atom is -0.462 e. The Morgan fingerprint density at radius 1 is 1.09 bits per heavy atom. The SMILES string of the molecule is CC(=O)O[C@@H]1CCO[C@H](c2cccc(Oc3ccccc3)c2)C1. The molecule has 0 unspecified atom stereocenters. The van der Waals surface area contributed by atoms with Crippen LogP contribution < -0.4 is 4.74 Å². The van der Waals surface area contributed by atoms with Crippen molar-refractivity contribution in [2.75, 3.05) is 6.61 Å². The van der Waals surface area contributed by atoms with E-state index in [9.17, 15) is 4.79 Å². The molecular weight excluding hydrogens is 292 g/mol. The number of hydrogen-bond donors (Lipinski definition) is 0. The van der Waals surface area contributed by atoms with Crippen LogP contribution in [-0.4, -0.2) is 18.7 Å². The Kier molecular flexibility index (Phi) is 4.93. The lowest BCUT2D eigenvalue weighted by atomic mass is 9.99. The molecule has 2 atom stereocenters. The fourth-order valence-electron chi connectivity index (χ4n) is 2.74. The molecule has 0 aromatic heterocycles. The molecule has 1 aliphatic heterocycles. The van der Waals surface area contributed by atoms with Crippen LogP contribution in [0.25, 0.3) is 0 Å². The zero-order chi connectivity index (χ0) is 16.1. The Morgan fingerprint density at radius 2 is 1.87 bits per heavy atom. The normalized spacial score (nSPS) is 20.7. The quantitative estimate of drug-likeness (QED) is 0.791. The molecule has 120 valence electrons. The van der Waals surface area contributed by atoms with Gasteiger partial charge in [-0.1, -0.05) is 30.3 Å². The molecule has 0 aliphatic carbocycles. The Labute approximate surface area is 136 Å². The van der Waals surface area contributed by atoms with Gasteiger partial charge in [0.1, 0.15) is 17.6 Å². The summed E-state index contributed by atoms with van der Waals surface area (Å²) in [5.74, 6) is 1.33. The summed E-state index contributed by atoms with van der Waals surface area (Å²) in [5, 5.41) is 0. The standard InChI is InChI=1S/C19H20O4/c1-14(20)22-18-10-11-21-19(13-18)15-6-5-9-17(12-15)23-16-7-3-2-4-8-16/h2-9,12,18-19H,10-11,13H2,1H3/t18-,19+/m1/s1. The number of hydrogen-bond acceptors (Lipinski definition) is 4. The van der Waals surface area contributed by atoms with Crippen molar-refractivity contribution in [1.82, 2.24) is 0 Å². The summed E-state index contributed by atoms with van der Waals surface area (Å²) in [5.41, 5.74) is 1.04. The predicted molar refractivity (Wildman–Crippen MR) is 86.4 cm³/mol. The van der Waals surface area contributed by atoms with Gasteiger partial charge >= 0.3 is 5.97 Å². The fraction of sp³-hybridized carbons (Fsp3) is 0.316. The number of ether oxygens (including phenoxy) is 3. The third-order valence-electron chi connectivity index (χ3n) is 3.78. The van der Waals surface area contributed by atoms with Gasteiger partial charge in [-0.15, -0.1) is 0 Å². The van der Waals surface area contributed by atoms with Crippen LogP contribution in [0.2, 0.25) is 0 Å². The van der Waals surface area contributed by atoms with Crippen LogP contribution in [0.1, 0.15) is 31.4 Å². The summed E-state index contributed by atoms with van der Waals surface area (Å²) >= 11 is 0. The van der Waals surface area contributed by atoms with Gasteiger partial charge in [0.05, 0.1) is 12.7 Å². The fourth-order valence-corrected chi connectivity index (χ4v) is 2.74. The first-order valence-corrected chi connectivity index (χ1v) is 7.82. The highest BCUT2D eigenvalue weighted by molar-refractivity contribution is 5.66. The van der Waals surface area contributed by atoms with Gasteiger partial charge in [0.25, 0.3) is 0 Å². The molecule has 1 aliphatic rings. The molecule has 23 heavy (non-hydrogen) atoms. The molecule has 4 nitrogen and oxygen atoms in total. The van der Waals surface area contributed by atoms with Crippen molar-refractivity contribution in [3.63, 3.8) is 0 Å². The molecule has 0 N–H and O–H groups in total. The summed E-state index contributed by atoms with van der Waals surface area (Å²) < 4.78 is 17.0. The van der Waals surface area contributed by atoms with Crippen molar-refractivity contribution in [2.45, 2.75) is 32.0 Å². The van der Waals surface area contributed by atoms with E-state index in [1.807, 2.05) is 54.6 Å². The molecule has 0 amide bonds. The number of carbonyl (C=O) groups excluding carboxylic acids is 1. The zero-order valence-electron chi connectivity index (χ0n) is 13.1. The largest absolute Gasteiger partial charge is 0.462 e. The number of esters is 1. The highest BCUT2D eigenvalue weighted by Gasteiger charge is 2.26. The summed E-state index contributed by atoms with van der Waals surface area (Å²) in [6.07, 6.45) is 1.27. The molecule has 0 bridgehead atoms. The van der Waals surface area contributed by atoms with Crippen LogP contribution in [0.4, 0.5) is 0 Å². The number of benzene rings is 2. The first kappa shape index (κ1) is 15.6. The van der Waals surface area contributed by atoms with Crippen LogP contribution in [0.3, 0.4) is 0 Å². The second-order valence-electron chi connectivity index (χ2n) is 5.60. The van der Waals surface area contributed by atoms with Crippen molar-refractivity contribution < 1.29 is 19.0 Å². The summed E-state index contributed by atoms with van der Waals surface area (Å²) in [6, 6.07) is 17.5. The minimum absolute atomic E-state index is 0.0765. The average molecular weight is 312 g/mol. The monoisotopic (exact) mass is 312 g/mol. The van der Waals surface area contributed by atoms with E-state index in [-0.39, 0.29) is 18.2 Å². The Morgan fingerprint density at radius 3 is 2.65 bits per heavy atom. The van der Waals surface area contributed by atoms with Gasteiger partial charge in [0.2, 0.25) is 0 Å². The highest BCUT2D eigenvalue weighted by Crippen LogP contribution is 2.32. The van der Waals surface area contributed by atoms with E-state index in [2.05, 4.69) is 0 Å². The molecule has 1 fully saturated rings. The third kappa shape index (κ3) is 4.33. The Hall–Kier alpha value is -2.33. The second-order valence-corrected chi connectivity index (χ2v) is 5.60. The van der Waals surface area contributed by atoms with Crippen molar-refractivity contribution >= 4 is 5.97 Å². The van der Waals surface area contributed by atoms with E-state index in [1.165, 1.54) is 6.92 Å². The van der Waals surface area contributed by atoms with Gasteiger partial charge < -0.3 is 14.2 Å². The van der Waals surface area contributed by atoms with E-state index in [0.717, 1.165) is 23.5 Å². The lowest BCUT2D eigenvalue weighted by Crippen LogP contribution is -2.27. The van der Waals surface area contributed by atoms with E-state index in [0.29, 0.717) is 13.0 Å². The molecule has 3 rings (SSSR count). The average Bonchev–Trinajstić information content (AvgIpc) is 2.56. The van der Waals surface area contributed by atoms with Gasteiger partial charge in [-0.3, -0.25) is 4.79 Å². The van der Waals surface area contributed by atoms with Crippen LogP contribution in [0.15, 0.2) is 54.6 Å². The summed E-state index contributed by atoms with van der Waals surface area (Å²) in [7, 11) is 0. The third-order valence-corrected chi connectivity index (χ3v) is 3.78. The lowest BCUT2D eigenvalue weighted by Gasteiger charge is -2.29. The number of carbonyl (C=O) groups is 1. The molecule has 4 heteroatoms. The number of para-hydroxylation sites is 1. The first-order chi connectivity index (χ1) is 11.2. The van der Waals surface area contributed by atoms with Crippen molar-refractivity contribution in [2.24, 2.45) is 0 Å². The second kappa shape index (κ2) is 7.29. The summed E-state index contributed by atoms with van der Waals surface area (Å²) in [4.78, 5) is 11.1. The van der Waals surface area contributed by atoms with E-state index < -0.39 is 0 Å². The maximum Gasteiger partial charge on any atom is 0.302 e. The van der Waals surface area contributed by atoms with E-state index >= 15 is 0 Å². The predicted octanol–water partition coefficient (Wildman–Crippen LogP) is 4.26. The van der Waals surface area contributed by atoms with Crippen molar-refractivity contribution in [3.8, 4) is 11.5 Å². The molecule has 1 heterocycles. The van der Waals surface area contributed by atoms with Crippen molar-refractivity contribution in [3.05, 3.63) is 60.2 Å². The molecule has 2 aromatic carbocycles. The van der Waals surface area contributed by atoms with E-state index in [1.54, 1.807) is 0 Å². The highest BCUT2D eigenvalue weighted by atomic mass is 16.6. The van der Waals surface area contributed by atoms with E-state index in [4.69, 9.17) is 14.2 Å². The maximum absolute atomic E-state index is 11.1. The lowest BCUT2D eigenvalue weighted by molar-refractivity contribution is -0.153. The first-order valence-electron chi connectivity index (χ1n) is 7.82. The zero-order valence-corrected chi connectivity index (χ0v) is 13.1. The van der Waals surface area contributed by atoms with Gasteiger partial charge in [0, 0.05) is 19.8 Å². The van der Waals surface area contributed by atoms with Gasteiger partial charge in [0.15, 0.2) is 0 Å². The van der Waals surface area contributed by atoms with Crippen LogP contribution in [0, 0.1) is 0 Å². The number of rotatable bonds is 4. The van der Waals surface area contributed by atoms with Gasteiger partial charge in [-0.25, -0.2) is 0 Å².